The van der Waals surface area contributed by atoms with Crippen molar-refractivity contribution in [3.8, 4) is 11.3 Å². The summed E-state index contributed by atoms with van der Waals surface area (Å²) in [5.74, 6) is -1.34. The molecule has 1 aromatic carbocycles. The van der Waals surface area contributed by atoms with Gasteiger partial charge in [-0.1, -0.05) is 28.9 Å². The van der Waals surface area contributed by atoms with Gasteiger partial charge in [-0.3, -0.25) is 4.90 Å². The Labute approximate surface area is 132 Å². The van der Waals surface area contributed by atoms with Crippen molar-refractivity contribution in [3.63, 3.8) is 0 Å². The van der Waals surface area contributed by atoms with Crippen molar-refractivity contribution in [3.05, 3.63) is 40.6 Å². The molecule has 0 radical (unpaired) electrons. The van der Waals surface area contributed by atoms with E-state index in [1.165, 1.54) is 6.07 Å². The maximum absolute atomic E-state index is 10.8. The topological polar surface area (TPSA) is 75.8 Å². The average molecular weight is 323 g/mol. The minimum absolute atomic E-state index is 0.191. The van der Waals surface area contributed by atoms with Crippen molar-refractivity contribution < 1.29 is 19.2 Å². The lowest BCUT2D eigenvalue weighted by atomic mass is 10.1. The summed E-state index contributed by atoms with van der Waals surface area (Å²) < 4.78 is 10.1. The van der Waals surface area contributed by atoms with E-state index in [4.69, 9.17) is 26.0 Å². The molecule has 1 aliphatic rings. The number of ether oxygens (including phenoxy) is 1. The maximum atomic E-state index is 10.8. The van der Waals surface area contributed by atoms with Gasteiger partial charge in [-0.05, 0) is 11.6 Å². The number of halogens is 1. The molecule has 2 aromatic rings. The monoisotopic (exact) mass is 322 g/mol. The number of carboxylic acid groups (broad SMARTS) is 1. The third-order valence-corrected chi connectivity index (χ3v) is 3.92. The zero-order valence-electron chi connectivity index (χ0n) is 11.8. The fourth-order valence-electron chi connectivity index (χ4n) is 2.35. The highest BCUT2D eigenvalue weighted by atomic mass is 35.5. The zero-order valence-corrected chi connectivity index (χ0v) is 12.5. The number of nitrogens with zero attached hydrogens (tertiary/aromatic N) is 2. The van der Waals surface area contributed by atoms with Crippen LogP contribution >= 0.6 is 11.6 Å². The minimum Gasteiger partial charge on any atom is -0.475 e. The Morgan fingerprint density at radius 2 is 2.09 bits per heavy atom. The van der Waals surface area contributed by atoms with Crippen LogP contribution in [0.5, 0.6) is 0 Å². The van der Waals surface area contributed by atoms with Crippen molar-refractivity contribution in [2.24, 2.45) is 0 Å². The van der Waals surface area contributed by atoms with Gasteiger partial charge in [-0.25, -0.2) is 4.79 Å². The van der Waals surface area contributed by atoms with E-state index in [1.807, 2.05) is 12.1 Å². The third-order valence-electron chi connectivity index (χ3n) is 3.57. The summed E-state index contributed by atoms with van der Waals surface area (Å²) in [4.78, 5) is 13.1. The SMILES string of the molecule is O=C(O)c1cc(-c2ccc(CN3CCOCC3)c(Cl)c2)no1. The standard InChI is InChI=1S/C15H15ClN2O4/c16-12-7-10(13-8-14(15(19)20)22-17-13)1-2-11(12)9-18-3-5-21-6-4-18/h1-2,7-8H,3-6,9H2,(H,19,20). The van der Waals surface area contributed by atoms with E-state index in [1.54, 1.807) is 6.07 Å². The van der Waals surface area contributed by atoms with Crippen LogP contribution < -0.4 is 0 Å². The molecule has 1 fully saturated rings. The van der Waals surface area contributed by atoms with E-state index < -0.39 is 5.97 Å². The Morgan fingerprint density at radius 1 is 1.32 bits per heavy atom. The van der Waals surface area contributed by atoms with E-state index in [0.29, 0.717) is 10.7 Å². The number of carbonyl (C=O) groups is 1. The molecule has 1 saturated heterocycles. The number of hydrogen-bond donors (Lipinski definition) is 1. The number of benzene rings is 1. The number of aromatic carboxylic acids is 1. The van der Waals surface area contributed by atoms with Crippen LogP contribution in [-0.2, 0) is 11.3 Å². The lowest BCUT2D eigenvalue weighted by Gasteiger charge is -2.26. The van der Waals surface area contributed by atoms with Crippen LogP contribution in [0.4, 0.5) is 0 Å². The number of rotatable bonds is 4. The van der Waals surface area contributed by atoms with Gasteiger partial charge in [0.2, 0.25) is 5.76 Å². The lowest BCUT2D eigenvalue weighted by Crippen LogP contribution is -2.35. The highest BCUT2D eigenvalue weighted by Gasteiger charge is 2.15. The Kier molecular flexibility index (Phi) is 4.42. The number of hydrogen-bond acceptors (Lipinski definition) is 5. The predicted molar refractivity (Wildman–Crippen MR) is 80.0 cm³/mol. The fourth-order valence-corrected chi connectivity index (χ4v) is 2.59. The van der Waals surface area contributed by atoms with Crippen LogP contribution in [-0.4, -0.2) is 47.4 Å². The smallest absolute Gasteiger partial charge is 0.374 e. The molecular formula is C15H15ClN2O4. The van der Waals surface area contributed by atoms with Crippen LogP contribution in [0, 0.1) is 0 Å². The van der Waals surface area contributed by atoms with Gasteiger partial charge in [-0.2, -0.15) is 0 Å². The van der Waals surface area contributed by atoms with E-state index >= 15 is 0 Å². The third kappa shape index (κ3) is 3.30. The van der Waals surface area contributed by atoms with Crippen LogP contribution in [0.3, 0.4) is 0 Å². The second kappa shape index (κ2) is 6.48. The van der Waals surface area contributed by atoms with E-state index in [2.05, 4.69) is 10.1 Å². The first kappa shape index (κ1) is 15.0. The van der Waals surface area contributed by atoms with Gasteiger partial charge in [0.15, 0.2) is 0 Å². The first-order valence-corrected chi connectivity index (χ1v) is 7.30. The summed E-state index contributed by atoms with van der Waals surface area (Å²) in [7, 11) is 0. The van der Waals surface area contributed by atoms with Gasteiger partial charge >= 0.3 is 5.97 Å². The number of morpholine rings is 1. The fraction of sp³-hybridized carbons (Fsp3) is 0.333. The Hall–Kier alpha value is -1.89. The second-order valence-corrected chi connectivity index (χ2v) is 5.48. The largest absolute Gasteiger partial charge is 0.475 e. The molecule has 22 heavy (non-hydrogen) atoms. The molecule has 1 N–H and O–H groups in total. The maximum Gasteiger partial charge on any atom is 0.374 e. The van der Waals surface area contributed by atoms with E-state index in [0.717, 1.165) is 44.0 Å². The van der Waals surface area contributed by atoms with Crippen molar-refractivity contribution in [1.29, 1.82) is 0 Å². The molecule has 2 heterocycles. The summed E-state index contributed by atoms with van der Waals surface area (Å²) >= 11 is 6.34. The van der Waals surface area contributed by atoms with E-state index in [-0.39, 0.29) is 5.76 Å². The number of carboxylic acids is 1. The molecule has 0 spiro atoms. The van der Waals surface area contributed by atoms with Gasteiger partial charge in [0.05, 0.1) is 13.2 Å². The van der Waals surface area contributed by atoms with Gasteiger partial charge < -0.3 is 14.4 Å². The molecule has 6 nitrogen and oxygen atoms in total. The molecule has 1 aliphatic heterocycles. The molecule has 116 valence electrons. The summed E-state index contributed by atoms with van der Waals surface area (Å²) in [5.41, 5.74) is 2.21. The van der Waals surface area contributed by atoms with Crippen LogP contribution in [0.15, 0.2) is 28.8 Å². The molecule has 7 heteroatoms. The molecule has 0 saturated carbocycles. The minimum atomic E-state index is -1.14. The van der Waals surface area contributed by atoms with Crippen molar-refractivity contribution in [2.45, 2.75) is 6.54 Å². The zero-order chi connectivity index (χ0) is 15.5. The van der Waals surface area contributed by atoms with Gasteiger partial charge in [0.25, 0.3) is 0 Å². The summed E-state index contributed by atoms with van der Waals surface area (Å²) in [6.07, 6.45) is 0. The normalized spacial score (nSPS) is 15.9. The molecule has 0 bridgehead atoms. The van der Waals surface area contributed by atoms with Gasteiger partial charge in [-0.15, -0.1) is 0 Å². The molecule has 1 aromatic heterocycles. The summed E-state index contributed by atoms with van der Waals surface area (Å²) in [5, 5.41) is 13.2. The first-order valence-electron chi connectivity index (χ1n) is 6.92. The predicted octanol–water partition coefficient (Wildman–Crippen LogP) is 2.53. The van der Waals surface area contributed by atoms with Crippen LogP contribution in [0.2, 0.25) is 5.02 Å². The number of aromatic nitrogens is 1. The Morgan fingerprint density at radius 3 is 2.73 bits per heavy atom. The molecule has 3 rings (SSSR count). The quantitative estimate of drug-likeness (QED) is 0.932. The summed E-state index contributed by atoms with van der Waals surface area (Å²) in [6, 6.07) is 6.96. The first-order chi connectivity index (χ1) is 10.6. The second-order valence-electron chi connectivity index (χ2n) is 5.08. The highest BCUT2D eigenvalue weighted by Crippen LogP contribution is 2.26. The van der Waals surface area contributed by atoms with Crippen molar-refractivity contribution in [1.82, 2.24) is 10.1 Å². The molecule has 0 atom stereocenters. The molecule has 0 aliphatic carbocycles. The van der Waals surface area contributed by atoms with Gasteiger partial charge in [0, 0.05) is 36.3 Å². The Balaban J connectivity index is 1.77. The molecular weight excluding hydrogens is 308 g/mol. The van der Waals surface area contributed by atoms with Crippen LogP contribution in [0.25, 0.3) is 11.3 Å². The lowest BCUT2D eigenvalue weighted by molar-refractivity contribution is 0.0342. The highest BCUT2D eigenvalue weighted by molar-refractivity contribution is 6.31. The molecule has 0 amide bonds. The average Bonchev–Trinajstić information content (AvgIpc) is 3.00. The summed E-state index contributed by atoms with van der Waals surface area (Å²) in [6.45, 7) is 4.04. The Bertz CT molecular complexity index is 680. The van der Waals surface area contributed by atoms with Crippen LogP contribution in [0.1, 0.15) is 16.1 Å². The van der Waals surface area contributed by atoms with Crippen molar-refractivity contribution >= 4 is 17.6 Å². The van der Waals surface area contributed by atoms with Gasteiger partial charge in [0.1, 0.15) is 5.69 Å². The molecule has 0 unspecified atom stereocenters. The van der Waals surface area contributed by atoms with Crippen molar-refractivity contribution in [2.75, 3.05) is 26.3 Å². The van der Waals surface area contributed by atoms with E-state index in [9.17, 15) is 4.79 Å².